The molecule has 0 saturated carbocycles. The molecular weight excluding hydrogens is 190 g/mol. The van der Waals surface area contributed by atoms with Crippen molar-refractivity contribution in [3.8, 4) is 0 Å². The van der Waals surface area contributed by atoms with Crippen LogP contribution < -0.4 is 0 Å². The second-order valence-electron chi connectivity index (χ2n) is 3.98. The number of hydrogen-bond donors (Lipinski definition) is 0. The number of aliphatic imine (C=N–C) groups is 1. The van der Waals surface area contributed by atoms with Gasteiger partial charge in [0.2, 0.25) is 0 Å². The maximum atomic E-state index is 5.28. The van der Waals surface area contributed by atoms with Crippen LogP contribution in [0.4, 0.5) is 0 Å². The lowest BCUT2D eigenvalue weighted by atomic mass is 10.1. The molecule has 0 amide bonds. The fourth-order valence-corrected chi connectivity index (χ4v) is 1.67. The lowest BCUT2D eigenvalue weighted by Crippen LogP contribution is -2.30. The first-order valence-corrected chi connectivity index (χ1v) is 5.42. The Hall–Kier alpha value is -1.16. The van der Waals surface area contributed by atoms with Crippen LogP contribution in [0.15, 0.2) is 21.9 Å². The van der Waals surface area contributed by atoms with Crippen LogP contribution in [0.3, 0.4) is 0 Å². The lowest BCUT2D eigenvalue weighted by molar-refractivity contribution is 0.163. The van der Waals surface area contributed by atoms with Gasteiger partial charge in [0.05, 0.1) is 11.4 Å². The van der Waals surface area contributed by atoms with Gasteiger partial charge in [-0.1, -0.05) is 11.2 Å². The Kier molecular flexibility index (Phi) is 3.50. The summed E-state index contributed by atoms with van der Waals surface area (Å²) < 4.78 is 0. The van der Waals surface area contributed by atoms with E-state index in [1.807, 2.05) is 6.21 Å². The number of allylic oxidation sites excluding steroid dienone is 1. The van der Waals surface area contributed by atoms with E-state index in [-0.39, 0.29) is 0 Å². The van der Waals surface area contributed by atoms with Crippen molar-refractivity contribution < 1.29 is 4.84 Å². The molecule has 2 aliphatic rings. The molecule has 15 heavy (non-hydrogen) atoms. The molecule has 0 radical (unpaired) electrons. The highest BCUT2D eigenvalue weighted by Gasteiger charge is 2.11. The normalized spacial score (nSPS) is 21.7. The summed E-state index contributed by atoms with van der Waals surface area (Å²) in [7, 11) is 2.13. The summed E-state index contributed by atoms with van der Waals surface area (Å²) in [5, 5.41) is 4.16. The highest BCUT2D eigenvalue weighted by molar-refractivity contribution is 5.84. The molecule has 2 rings (SSSR count). The molecule has 0 bridgehead atoms. The van der Waals surface area contributed by atoms with Crippen LogP contribution in [-0.2, 0) is 4.84 Å². The van der Waals surface area contributed by atoms with Crippen LogP contribution in [-0.4, -0.2) is 43.6 Å². The Bertz CT molecular complexity index is 297. The number of nitrogens with zero attached hydrogens (tertiary/aromatic N) is 3. The number of likely N-dealkylation sites (tertiary alicyclic amines) is 1. The van der Waals surface area contributed by atoms with Crippen molar-refractivity contribution in [3.63, 3.8) is 0 Å². The molecule has 0 N–H and O–H groups in total. The predicted octanol–water partition coefficient (Wildman–Crippen LogP) is 1.44. The van der Waals surface area contributed by atoms with E-state index in [9.17, 15) is 0 Å². The van der Waals surface area contributed by atoms with E-state index < -0.39 is 0 Å². The van der Waals surface area contributed by atoms with Gasteiger partial charge in [0.15, 0.2) is 6.61 Å². The van der Waals surface area contributed by atoms with Crippen LogP contribution in [0.2, 0.25) is 0 Å². The Morgan fingerprint density at radius 2 is 2.27 bits per heavy atom. The van der Waals surface area contributed by atoms with Gasteiger partial charge in [-0.15, -0.1) is 0 Å². The molecule has 0 unspecified atom stereocenters. The van der Waals surface area contributed by atoms with Gasteiger partial charge in [0.1, 0.15) is 0 Å². The van der Waals surface area contributed by atoms with Crippen molar-refractivity contribution in [3.05, 3.63) is 11.8 Å². The molecule has 82 valence electrons. The van der Waals surface area contributed by atoms with Gasteiger partial charge in [-0.25, -0.2) is 0 Å². The average Bonchev–Trinajstić information content (AvgIpc) is 2.74. The molecule has 1 fully saturated rings. The Balaban J connectivity index is 1.72. The predicted molar refractivity (Wildman–Crippen MR) is 61.3 cm³/mol. The molecule has 1 saturated heterocycles. The molecule has 4 heteroatoms. The second-order valence-corrected chi connectivity index (χ2v) is 3.98. The molecule has 0 aromatic carbocycles. The standard InChI is InChI=1S/C11H17N3O/c1-14-7-4-10(5-8-14)13-15-9-11-3-2-6-12-11/h3,6H,2,4-5,7-9H2,1H3. The van der Waals surface area contributed by atoms with E-state index in [4.69, 9.17) is 4.84 Å². The minimum atomic E-state index is 0.510. The average molecular weight is 207 g/mol. The van der Waals surface area contributed by atoms with Crippen molar-refractivity contribution >= 4 is 11.9 Å². The van der Waals surface area contributed by atoms with Crippen LogP contribution in [0.1, 0.15) is 19.3 Å². The fourth-order valence-electron chi connectivity index (χ4n) is 1.67. The Morgan fingerprint density at radius 3 is 2.93 bits per heavy atom. The molecular formula is C11H17N3O. The van der Waals surface area contributed by atoms with Gasteiger partial charge >= 0.3 is 0 Å². The molecule has 0 aromatic heterocycles. The zero-order chi connectivity index (χ0) is 10.5. The smallest absolute Gasteiger partial charge is 0.158 e. The van der Waals surface area contributed by atoms with Crippen molar-refractivity contribution in [2.75, 3.05) is 26.7 Å². The third kappa shape index (κ3) is 3.16. The number of oxime groups is 1. The molecule has 0 atom stereocenters. The summed E-state index contributed by atoms with van der Waals surface area (Å²) in [4.78, 5) is 11.8. The van der Waals surface area contributed by atoms with Crippen LogP contribution in [0.5, 0.6) is 0 Å². The largest absolute Gasteiger partial charge is 0.389 e. The van der Waals surface area contributed by atoms with Gasteiger partial charge in [0, 0.05) is 38.6 Å². The summed E-state index contributed by atoms with van der Waals surface area (Å²) >= 11 is 0. The maximum absolute atomic E-state index is 5.28. The summed E-state index contributed by atoms with van der Waals surface area (Å²) in [5.74, 6) is 0. The van der Waals surface area contributed by atoms with E-state index in [1.54, 1.807) is 0 Å². The Morgan fingerprint density at radius 1 is 1.47 bits per heavy atom. The van der Waals surface area contributed by atoms with Crippen molar-refractivity contribution in [2.24, 2.45) is 10.1 Å². The van der Waals surface area contributed by atoms with Gasteiger partial charge in [-0.05, 0) is 7.05 Å². The molecule has 0 aliphatic carbocycles. The third-order valence-corrected chi connectivity index (χ3v) is 2.69. The zero-order valence-electron chi connectivity index (χ0n) is 9.15. The van der Waals surface area contributed by atoms with E-state index >= 15 is 0 Å². The van der Waals surface area contributed by atoms with Crippen LogP contribution >= 0.6 is 0 Å². The summed E-state index contributed by atoms with van der Waals surface area (Å²) in [6, 6.07) is 0. The molecule has 0 spiro atoms. The van der Waals surface area contributed by atoms with Crippen molar-refractivity contribution in [1.82, 2.24) is 4.90 Å². The monoisotopic (exact) mass is 207 g/mol. The molecule has 4 nitrogen and oxygen atoms in total. The third-order valence-electron chi connectivity index (χ3n) is 2.69. The zero-order valence-corrected chi connectivity index (χ0v) is 9.15. The number of rotatable bonds is 3. The van der Waals surface area contributed by atoms with Crippen molar-refractivity contribution in [2.45, 2.75) is 19.3 Å². The maximum Gasteiger partial charge on any atom is 0.158 e. The summed E-state index contributed by atoms with van der Waals surface area (Å²) in [5.41, 5.74) is 2.17. The quantitative estimate of drug-likeness (QED) is 0.657. The first-order valence-electron chi connectivity index (χ1n) is 5.42. The summed E-state index contributed by atoms with van der Waals surface area (Å²) in [6.07, 6.45) is 6.94. The summed E-state index contributed by atoms with van der Waals surface area (Å²) in [6.45, 7) is 2.68. The van der Waals surface area contributed by atoms with Crippen molar-refractivity contribution in [1.29, 1.82) is 0 Å². The van der Waals surface area contributed by atoms with Crippen LogP contribution in [0, 0.1) is 0 Å². The first kappa shape index (κ1) is 10.4. The molecule has 0 aromatic rings. The second kappa shape index (κ2) is 5.07. The fraction of sp³-hybridized carbons (Fsp3) is 0.636. The topological polar surface area (TPSA) is 37.2 Å². The molecule has 2 heterocycles. The van der Waals surface area contributed by atoms with Gasteiger partial charge in [-0.3, -0.25) is 4.99 Å². The van der Waals surface area contributed by atoms with E-state index in [1.165, 1.54) is 5.71 Å². The van der Waals surface area contributed by atoms with Gasteiger partial charge < -0.3 is 9.74 Å². The molecule has 2 aliphatic heterocycles. The highest BCUT2D eigenvalue weighted by Crippen LogP contribution is 2.08. The van der Waals surface area contributed by atoms with E-state index in [0.29, 0.717) is 6.61 Å². The lowest BCUT2D eigenvalue weighted by Gasteiger charge is -2.22. The first-order chi connectivity index (χ1) is 7.34. The minimum Gasteiger partial charge on any atom is -0.389 e. The number of hydrogen-bond acceptors (Lipinski definition) is 4. The van der Waals surface area contributed by atoms with E-state index in [0.717, 1.165) is 38.0 Å². The van der Waals surface area contributed by atoms with E-state index in [2.05, 4.69) is 28.2 Å². The SMILES string of the molecule is CN1CCC(=NOCC2=CCC=N2)CC1. The van der Waals surface area contributed by atoms with Gasteiger partial charge in [0.25, 0.3) is 0 Å². The minimum absolute atomic E-state index is 0.510. The van der Waals surface area contributed by atoms with Crippen LogP contribution in [0.25, 0.3) is 0 Å². The highest BCUT2D eigenvalue weighted by atomic mass is 16.6. The van der Waals surface area contributed by atoms with Gasteiger partial charge in [-0.2, -0.15) is 0 Å². The Labute approximate surface area is 90.3 Å². The number of piperidine rings is 1.